The molecular formula is C23H29N3OS. The second-order valence-corrected chi connectivity index (χ2v) is 9.76. The number of amides is 1. The van der Waals surface area contributed by atoms with Gasteiger partial charge < -0.3 is 15.1 Å². The lowest BCUT2D eigenvalue weighted by Gasteiger charge is -2.55. The number of hydrogen-bond acceptors (Lipinski definition) is 4. The maximum atomic E-state index is 12.9. The first-order valence-corrected chi connectivity index (χ1v) is 11.4. The van der Waals surface area contributed by atoms with E-state index in [1.807, 2.05) is 0 Å². The normalized spacial score (nSPS) is 33.6. The minimum Gasteiger partial charge on any atom is -0.352 e. The summed E-state index contributed by atoms with van der Waals surface area (Å²) in [6, 6.07) is 15.4. The molecule has 0 spiro atoms. The molecule has 2 aromatic rings. The average Bonchev–Trinajstić information content (AvgIpc) is 3.09. The maximum Gasteiger partial charge on any atom is 0.220 e. The molecule has 0 radical (unpaired) electrons. The molecule has 4 fully saturated rings. The van der Waals surface area contributed by atoms with Crippen LogP contribution in [0.3, 0.4) is 0 Å². The van der Waals surface area contributed by atoms with Gasteiger partial charge in [0.1, 0.15) is 0 Å². The molecule has 148 valence electrons. The van der Waals surface area contributed by atoms with Crippen LogP contribution in [0.25, 0.3) is 0 Å². The second-order valence-electron chi connectivity index (χ2n) is 8.73. The SMILES string of the molecule is O=C(CCCc1cccs1)NC1C2CN3CCN(C2)CC1(c1ccccc1)C3. The minimum absolute atomic E-state index is 0.0162. The van der Waals surface area contributed by atoms with Gasteiger partial charge in [-0.25, -0.2) is 0 Å². The summed E-state index contributed by atoms with van der Waals surface area (Å²) in [6.45, 7) is 6.67. The number of carbonyl (C=O) groups is 1. The fourth-order valence-electron chi connectivity index (χ4n) is 5.69. The lowest BCUT2D eigenvalue weighted by molar-refractivity contribution is -0.124. The van der Waals surface area contributed by atoms with Crippen LogP contribution in [0.4, 0.5) is 0 Å². The summed E-state index contributed by atoms with van der Waals surface area (Å²) < 4.78 is 0. The first-order valence-electron chi connectivity index (χ1n) is 10.5. The number of aryl methyl sites for hydroxylation is 1. The van der Waals surface area contributed by atoms with E-state index in [-0.39, 0.29) is 17.4 Å². The molecule has 1 aromatic heterocycles. The molecule has 1 N–H and O–H groups in total. The quantitative estimate of drug-likeness (QED) is 0.817. The Morgan fingerprint density at radius 3 is 2.50 bits per heavy atom. The minimum atomic E-state index is 0.0162. The lowest BCUT2D eigenvalue weighted by Crippen LogP contribution is -2.70. The molecule has 5 heterocycles. The summed E-state index contributed by atoms with van der Waals surface area (Å²) in [7, 11) is 0. The number of piperidine rings is 2. The summed E-state index contributed by atoms with van der Waals surface area (Å²) in [5, 5.41) is 5.63. The van der Waals surface area contributed by atoms with E-state index in [1.165, 1.54) is 10.4 Å². The highest BCUT2D eigenvalue weighted by molar-refractivity contribution is 7.09. The summed E-state index contributed by atoms with van der Waals surface area (Å²) in [4.78, 5) is 19.5. The largest absolute Gasteiger partial charge is 0.352 e. The van der Waals surface area contributed by atoms with Crippen LogP contribution in [0.5, 0.6) is 0 Å². The van der Waals surface area contributed by atoms with E-state index in [2.05, 4.69) is 63.0 Å². The van der Waals surface area contributed by atoms with Crippen LogP contribution < -0.4 is 5.32 Å². The molecule has 1 amide bonds. The average molecular weight is 396 g/mol. The standard InChI is InChI=1S/C23H29N3OS/c27-21(10-4-8-20-9-5-13-28-20)24-22-18-14-25-11-12-26(15-18)17-23(22,16-25)19-6-2-1-3-7-19/h1-3,5-7,9,13,18,22H,4,8,10-12,14-17H2,(H,24,27). The monoisotopic (exact) mass is 395 g/mol. The first kappa shape index (κ1) is 18.3. The van der Waals surface area contributed by atoms with E-state index >= 15 is 0 Å². The smallest absolute Gasteiger partial charge is 0.220 e. The van der Waals surface area contributed by atoms with Crippen LogP contribution >= 0.6 is 11.3 Å². The molecule has 28 heavy (non-hydrogen) atoms. The number of benzene rings is 1. The zero-order valence-electron chi connectivity index (χ0n) is 16.3. The van der Waals surface area contributed by atoms with Crippen LogP contribution in [0, 0.1) is 5.92 Å². The predicted molar refractivity (Wildman–Crippen MR) is 114 cm³/mol. The Balaban J connectivity index is 1.34. The number of hydrogen-bond donors (Lipinski definition) is 1. The van der Waals surface area contributed by atoms with Gasteiger partial charge in [0.15, 0.2) is 0 Å². The van der Waals surface area contributed by atoms with E-state index in [4.69, 9.17) is 0 Å². The number of fused-ring (bicyclic) bond motifs is 1. The molecule has 4 saturated heterocycles. The first-order chi connectivity index (χ1) is 13.7. The molecule has 4 bridgehead atoms. The molecular weight excluding hydrogens is 366 g/mol. The van der Waals surface area contributed by atoms with Gasteiger partial charge in [-0.3, -0.25) is 4.79 Å². The maximum absolute atomic E-state index is 12.9. The van der Waals surface area contributed by atoms with Gasteiger partial charge in [0.2, 0.25) is 5.91 Å². The van der Waals surface area contributed by atoms with Crippen LogP contribution in [-0.4, -0.2) is 61.0 Å². The Bertz CT molecular complexity index is 791. The molecule has 5 heteroatoms. The number of rotatable bonds is 6. The van der Waals surface area contributed by atoms with Crippen molar-refractivity contribution in [2.75, 3.05) is 39.3 Å². The summed E-state index contributed by atoms with van der Waals surface area (Å²) in [6.07, 6.45) is 2.56. The van der Waals surface area contributed by atoms with Crippen LogP contribution in [0.15, 0.2) is 47.8 Å². The zero-order valence-corrected chi connectivity index (χ0v) is 17.2. The van der Waals surface area contributed by atoms with E-state index in [0.29, 0.717) is 12.3 Å². The fourth-order valence-corrected chi connectivity index (χ4v) is 6.44. The molecule has 1 aromatic carbocycles. The number of nitrogens with zero attached hydrogens (tertiary/aromatic N) is 2. The van der Waals surface area contributed by atoms with Crippen molar-refractivity contribution in [1.29, 1.82) is 0 Å². The highest BCUT2D eigenvalue weighted by Crippen LogP contribution is 2.43. The Morgan fingerprint density at radius 1 is 1.07 bits per heavy atom. The van der Waals surface area contributed by atoms with Gasteiger partial charge in [0.05, 0.1) is 0 Å². The van der Waals surface area contributed by atoms with E-state index < -0.39 is 0 Å². The van der Waals surface area contributed by atoms with Crippen molar-refractivity contribution in [2.45, 2.75) is 30.7 Å². The fraction of sp³-hybridized carbons (Fsp3) is 0.522. The van der Waals surface area contributed by atoms with Gasteiger partial charge in [-0.2, -0.15) is 0 Å². The molecule has 4 nitrogen and oxygen atoms in total. The molecule has 3 atom stereocenters. The van der Waals surface area contributed by atoms with Crippen molar-refractivity contribution >= 4 is 17.2 Å². The Morgan fingerprint density at radius 2 is 1.82 bits per heavy atom. The number of thiophene rings is 1. The highest BCUT2D eigenvalue weighted by atomic mass is 32.1. The summed E-state index contributed by atoms with van der Waals surface area (Å²) in [5.41, 5.74) is 1.41. The number of nitrogens with one attached hydrogen (secondary N) is 1. The summed E-state index contributed by atoms with van der Waals surface area (Å²) in [5.74, 6) is 0.750. The van der Waals surface area contributed by atoms with Crippen molar-refractivity contribution in [3.63, 3.8) is 0 Å². The topological polar surface area (TPSA) is 35.6 Å². The molecule has 0 aliphatic carbocycles. The third-order valence-electron chi connectivity index (χ3n) is 6.87. The molecule has 4 aliphatic heterocycles. The Labute approximate surface area is 171 Å². The predicted octanol–water partition coefficient (Wildman–Crippen LogP) is 2.75. The van der Waals surface area contributed by atoms with Gasteiger partial charge in [0, 0.05) is 67.9 Å². The van der Waals surface area contributed by atoms with Gasteiger partial charge in [-0.1, -0.05) is 36.4 Å². The van der Waals surface area contributed by atoms with Crippen LogP contribution in [-0.2, 0) is 16.6 Å². The van der Waals surface area contributed by atoms with Crippen molar-refractivity contribution < 1.29 is 4.79 Å². The van der Waals surface area contributed by atoms with Crippen molar-refractivity contribution in [1.82, 2.24) is 15.1 Å². The van der Waals surface area contributed by atoms with Crippen LogP contribution in [0.1, 0.15) is 23.3 Å². The third-order valence-corrected chi connectivity index (χ3v) is 7.80. The van der Waals surface area contributed by atoms with Crippen molar-refractivity contribution in [2.24, 2.45) is 5.92 Å². The van der Waals surface area contributed by atoms with E-state index in [0.717, 1.165) is 52.1 Å². The van der Waals surface area contributed by atoms with Gasteiger partial charge in [-0.15, -0.1) is 11.3 Å². The lowest BCUT2D eigenvalue weighted by atomic mass is 9.64. The second kappa shape index (κ2) is 7.62. The Hall–Kier alpha value is -1.69. The third kappa shape index (κ3) is 3.40. The van der Waals surface area contributed by atoms with Gasteiger partial charge >= 0.3 is 0 Å². The van der Waals surface area contributed by atoms with Gasteiger partial charge in [-0.05, 0) is 29.9 Å². The van der Waals surface area contributed by atoms with Crippen LogP contribution in [0.2, 0.25) is 0 Å². The molecule has 6 rings (SSSR count). The number of carbonyl (C=O) groups excluding carboxylic acids is 1. The zero-order chi connectivity index (χ0) is 19.0. The van der Waals surface area contributed by atoms with E-state index in [9.17, 15) is 4.79 Å². The Kier molecular flexibility index (Phi) is 4.99. The van der Waals surface area contributed by atoms with Crippen molar-refractivity contribution in [3.8, 4) is 0 Å². The van der Waals surface area contributed by atoms with Crippen molar-refractivity contribution in [3.05, 3.63) is 58.3 Å². The highest BCUT2D eigenvalue weighted by Gasteiger charge is 2.55. The molecule has 4 aliphatic rings. The molecule has 0 saturated carbocycles. The van der Waals surface area contributed by atoms with E-state index in [1.54, 1.807) is 11.3 Å². The van der Waals surface area contributed by atoms with Gasteiger partial charge in [0.25, 0.3) is 0 Å². The summed E-state index contributed by atoms with van der Waals surface area (Å²) >= 11 is 1.79. The molecule has 3 unspecified atom stereocenters.